The van der Waals surface area contributed by atoms with Crippen molar-refractivity contribution < 1.29 is 14.6 Å². The highest BCUT2D eigenvalue weighted by atomic mass is 16.5. The number of fused-ring (bicyclic) bond motifs is 5. The molecule has 4 unspecified atom stereocenters. The third-order valence-corrected chi connectivity index (χ3v) is 9.16. The molecule has 3 heteroatoms. The van der Waals surface area contributed by atoms with Gasteiger partial charge >= 0.3 is 5.97 Å². The Morgan fingerprint density at radius 2 is 1.73 bits per heavy atom. The molecule has 4 saturated carbocycles. The standard InChI is InChI=1S/C23H34O3/c1-5-15-12-17-18-6-7-21(25)23(18,4)11-9-19(17)22(3)10-8-16(13-20(15)22)26-14(2)24/h1,15-21,25H,6-13H2,2-4H3/t15?,16?,17-,18-,19+,20?,21?,22+,23-/m0/s1. The van der Waals surface area contributed by atoms with Gasteiger partial charge in [0.1, 0.15) is 6.10 Å². The van der Waals surface area contributed by atoms with Gasteiger partial charge in [-0.2, -0.15) is 0 Å². The molecule has 3 nitrogen and oxygen atoms in total. The summed E-state index contributed by atoms with van der Waals surface area (Å²) in [7, 11) is 0. The molecule has 4 rings (SSSR count). The molecular weight excluding hydrogens is 324 g/mol. The Labute approximate surface area is 158 Å². The summed E-state index contributed by atoms with van der Waals surface area (Å²) in [5.41, 5.74) is 0.351. The molecule has 0 aromatic carbocycles. The zero-order chi connectivity index (χ0) is 18.7. The van der Waals surface area contributed by atoms with E-state index in [9.17, 15) is 9.90 Å². The summed E-state index contributed by atoms with van der Waals surface area (Å²) in [5.74, 6) is 5.69. The second-order valence-electron chi connectivity index (χ2n) is 10.1. The molecule has 26 heavy (non-hydrogen) atoms. The van der Waals surface area contributed by atoms with Gasteiger partial charge in [-0.1, -0.05) is 13.8 Å². The van der Waals surface area contributed by atoms with Crippen molar-refractivity contribution in [2.75, 3.05) is 0 Å². The van der Waals surface area contributed by atoms with Gasteiger partial charge in [-0.25, -0.2) is 0 Å². The number of aliphatic hydroxyl groups excluding tert-OH is 1. The van der Waals surface area contributed by atoms with Crippen LogP contribution in [0.25, 0.3) is 0 Å². The summed E-state index contributed by atoms with van der Waals surface area (Å²) in [6.07, 6.45) is 14.5. The Kier molecular flexibility index (Phi) is 4.42. The molecule has 0 amide bonds. The number of carbonyl (C=O) groups excluding carboxylic acids is 1. The first-order valence-corrected chi connectivity index (χ1v) is 10.6. The van der Waals surface area contributed by atoms with Gasteiger partial charge in [-0.3, -0.25) is 4.79 Å². The highest BCUT2D eigenvalue weighted by molar-refractivity contribution is 5.66. The predicted molar refractivity (Wildman–Crippen MR) is 101 cm³/mol. The average Bonchev–Trinajstić information content (AvgIpc) is 2.89. The number of terminal acetylenes is 1. The van der Waals surface area contributed by atoms with E-state index in [1.807, 2.05) is 0 Å². The lowest BCUT2D eigenvalue weighted by atomic mass is 9.43. The molecule has 1 N–H and O–H groups in total. The molecule has 0 aromatic rings. The van der Waals surface area contributed by atoms with E-state index < -0.39 is 0 Å². The van der Waals surface area contributed by atoms with Gasteiger partial charge in [0.15, 0.2) is 0 Å². The largest absolute Gasteiger partial charge is 0.463 e. The van der Waals surface area contributed by atoms with Gasteiger partial charge < -0.3 is 9.84 Å². The molecule has 0 heterocycles. The maximum Gasteiger partial charge on any atom is 0.302 e. The molecule has 9 atom stereocenters. The molecule has 4 aliphatic rings. The molecule has 0 spiro atoms. The fourth-order valence-electron chi connectivity index (χ4n) is 7.80. The van der Waals surface area contributed by atoms with Gasteiger partial charge in [0.05, 0.1) is 6.10 Å². The first kappa shape index (κ1) is 18.4. The Morgan fingerprint density at radius 1 is 1.04 bits per heavy atom. The van der Waals surface area contributed by atoms with E-state index in [-0.39, 0.29) is 34.9 Å². The van der Waals surface area contributed by atoms with Crippen LogP contribution in [0, 0.1) is 52.8 Å². The lowest BCUT2D eigenvalue weighted by Gasteiger charge is -2.62. The minimum Gasteiger partial charge on any atom is -0.463 e. The Bertz CT molecular complexity index is 621. The van der Waals surface area contributed by atoms with Crippen molar-refractivity contribution in [3.63, 3.8) is 0 Å². The van der Waals surface area contributed by atoms with Crippen LogP contribution >= 0.6 is 0 Å². The zero-order valence-electron chi connectivity index (χ0n) is 16.5. The van der Waals surface area contributed by atoms with Gasteiger partial charge in [0.25, 0.3) is 0 Å². The lowest BCUT2D eigenvalue weighted by molar-refractivity contribution is -0.166. The summed E-state index contributed by atoms with van der Waals surface area (Å²) in [6, 6.07) is 0. The Balaban J connectivity index is 1.62. The second-order valence-corrected chi connectivity index (χ2v) is 10.1. The van der Waals surface area contributed by atoms with E-state index in [1.54, 1.807) is 0 Å². The third kappa shape index (κ3) is 2.55. The topological polar surface area (TPSA) is 46.5 Å². The molecule has 0 aliphatic heterocycles. The van der Waals surface area contributed by atoms with E-state index in [1.165, 1.54) is 13.3 Å². The number of aliphatic hydroxyl groups is 1. The van der Waals surface area contributed by atoms with Crippen LogP contribution in [0.4, 0.5) is 0 Å². The number of hydrogen-bond acceptors (Lipinski definition) is 3. The van der Waals surface area contributed by atoms with Crippen molar-refractivity contribution in [2.24, 2.45) is 40.4 Å². The Morgan fingerprint density at radius 3 is 2.42 bits per heavy atom. The molecular formula is C23H34O3. The third-order valence-electron chi connectivity index (χ3n) is 9.16. The zero-order valence-corrected chi connectivity index (χ0v) is 16.5. The number of hydrogen-bond donors (Lipinski definition) is 1. The van der Waals surface area contributed by atoms with E-state index in [4.69, 9.17) is 11.2 Å². The quantitative estimate of drug-likeness (QED) is 0.565. The molecule has 144 valence electrons. The molecule has 4 aliphatic carbocycles. The van der Waals surface area contributed by atoms with Crippen LogP contribution in [0.2, 0.25) is 0 Å². The number of rotatable bonds is 1. The fourth-order valence-corrected chi connectivity index (χ4v) is 7.80. The van der Waals surface area contributed by atoms with Crippen molar-refractivity contribution in [1.29, 1.82) is 0 Å². The van der Waals surface area contributed by atoms with Crippen molar-refractivity contribution in [1.82, 2.24) is 0 Å². The molecule has 4 fully saturated rings. The van der Waals surface area contributed by atoms with E-state index in [2.05, 4.69) is 19.8 Å². The highest BCUT2D eigenvalue weighted by Crippen LogP contribution is 2.67. The molecule has 0 saturated heterocycles. The highest BCUT2D eigenvalue weighted by Gasteiger charge is 2.62. The van der Waals surface area contributed by atoms with Gasteiger partial charge in [0.2, 0.25) is 0 Å². The summed E-state index contributed by atoms with van der Waals surface area (Å²) in [5, 5.41) is 10.6. The van der Waals surface area contributed by atoms with Crippen LogP contribution in [0.1, 0.15) is 72.1 Å². The van der Waals surface area contributed by atoms with Crippen LogP contribution < -0.4 is 0 Å². The van der Waals surface area contributed by atoms with E-state index >= 15 is 0 Å². The van der Waals surface area contributed by atoms with Gasteiger partial charge in [0, 0.05) is 12.8 Å². The van der Waals surface area contributed by atoms with Crippen LogP contribution in [-0.2, 0) is 9.53 Å². The minimum absolute atomic E-state index is 0.0418. The lowest BCUT2D eigenvalue weighted by Crippen LogP contribution is -2.57. The monoisotopic (exact) mass is 358 g/mol. The van der Waals surface area contributed by atoms with Crippen molar-refractivity contribution >= 4 is 5.97 Å². The maximum atomic E-state index is 11.4. The SMILES string of the molecule is C#CC1C[C@@H]2[C@@H](CC[C@]3(C)C(O)CC[C@@H]23)[C@@]2(C)CCC(OC(C)=O)CC12. The summed E-state index contributed by atoms with van der Waals surface area (Å²) < 4.78 is 5.57. The van der Waals surface area contributed by atoms with Gasteiger partial charge in [-0.05, 0) is 85.9 Å². The first-order valence-electron chi connectivity index (χ1n) is 10.6. The number of esters is 1. The molecule has 0 aromatic heterocycles. The smallest absolute Gasteiger partial charge is 0.302 e. The summed E-state index contributed by atoms with van der Waals surface area (Å²) in [6.45, 7) is 6.30. The molecule has 0 radical (unpaired) electrons. The van der Waals surface area contributed by atoms with Crippen LogP contribution in [-0.4, -0.2) is 23.3 Å². The van der Waals surface area contributed by atoms with Crippen molar-refractivity contribution in [2.45, 2.75) is 84.3 Å². The minimum atomic E-state index is -0.169. The van der Waals surface area contributed by atoms with Crippen LogP contribution in [0.15, 0.2) is 0 Å². The Hall–Kier alpha value is -1.01. The van der Waals surface area contributed by atoms with Crippen molar-refractivity contribution in [3.05, 3.63) is 0 Å². The van der Waals surface area contributed by atoms with Crippen molar-refractivity contribution in [3.8, 4) is 12.3 Å². The normalized spacial score (nSPS) is 53.0. The number of ether oxygens (including phenoxy) is 1. The van der Waals surface area contributed by atoms with Gasteiger partial charge in [-0.15, -0.1) is 12.3 Å². The fraction of sp³-hybridized carbons (Fsp3) is 0.870. The average molecular weight is 359 g/mol. The van der Waals surface area contributed by atoms with Crippen LogP contribution in [0.5, 0.6) is 0 Å². The van der Waals surface area contributed by atoms with E-state index in [0.717, 1.165) is 44.9 Å². The second kappa shape index (κ2) is 6.26. The van der Waals surface area contributed by atoms with E-state index in [0.29, 0.717) is 23.7 Å². The first-order chi connectivity index (χ1) is 12.3. The maximum absolute atomic E-state index is 11.4. The van der Waals surface area contributed by atoms with Crippen LogP contribution in [0.3, 0.4) is 0 Å². The summed E-state index contributed by atoms with van der Waals surface area (Å²) in [4.78, 5) is 11.4. The molecule has 0 bridgehead atoms. The predicted octanol–water partition coefficient (Wildman–Crippen LogP) is 4.18. The summed E-state index contributed by atoms with van der Waals surface area (Å²) >= 11 is 0. The number of carbonyl (C=O) groups is 1.